The minimum atomic E-state index is -0.779. The summed E-state index contributed by atoms with van der Waals surface area (Å²) in [4.78, 5) is 28.5. The summed E-state index contributed by atoms with van der Waals surface area (Å²) < 4.78 is 0. The van der Waals surface area contributed by atoms with Crippen molar-refractivity contribution < 1.29 is 14.7 Å². The number of aryl methyl sites for hydroxylation is 1. The zero-order valence-corrected chi connectivity index (χ0v) is 20.5. The first-order valence-corrected chi connectivity index (χ1v) is 12.5. The molecule has 1 aliphatic rings. The molecule has 1 aliphatic heterocycles. The lowest BCUT2D eigenvalue weighted by atomic mass is 10.0. The SMILES string of the molecule is CSc1ccccc1-c1ccc(NC(=O)[C@H]2C[C@@H](O)CN2C(=O)Nc2ccc(Cl)cc2)c(C)c1. The molecule has 0 aliphatic carbocycles. The van der Waals surface area contributed by atoms with Gasteiger partial charge >= 0.3 is 6.03 Å². The minimum Gasteiger partial charge on any atom is -0.391 e. The Kier molecular flexibility index (Phi) is 7.46. The fourth-order valence-corrected chi connectivity index (χ4v) is 4.83. The molecule has 1 fully saturated rings. The molecule has 0 aromatic heterocycles. The van der Waals surface area contributed by atoms with E-state index in [0.29, 0.717) is 16.4 Å². The summed E-state index contributed by atoms with van der Waals surface area (Å²) in [6.07, 6.45) is 1.46. The molecule has 0 unspecified atom stereocenters. The van der Waals surface area contributed by atoms with Crippen LogP contribution in [0.1, 0.15) is 12.0 Å². The summed E-state index contributed by atoms with van der Waals surface area (Å²) in [6.45, 7) is 2.02. The van der Waals surface area contributed by atoms with E-state index in [2.05, 4.69) is 22.8 Å². The number of β-amino-alcohol motifs (C(OH)–C–C–N with tert-alkyl or cyclic N) is 1. The number of likely N-dealkylation sites (tertiary alicyclic amines) is 1. The normalized spacial score (nSPS) is 17.5. The van der Waals surface area contributed by atoms with Crippen molar-refractivity contribution in [3.8, 4) is 11.1 Å². The predicted molar refractivity (Wildman–Crippen MR) is 139 cm³/mol. The highest BCUT2D eigenvalue weighted by Gasteiger charge is 2.39. The van der Waals surface area contributed by atoms with Gasteiger partial charge < -0.3 is 20.6 Å². The summed E-state index contributed by atoms with van der Waals surface area (Å²) in [5.74, 6) is -0.330. The van der Waals surface area contributed by atoms with Gasteiger partial charge in [-0.3, -0.25) is 4.79 Å². The lowest BCUT2D eigenvalue weighted by molar-refractivity contribution is -0.119. The molecule has 4 rings (SSSR count). The van der Waals surface area contributed by atoms with Crippen molar-refractivity contribution in [3.63, 3.8) is 0 Å². The number of nitrogens with zero attached hydrogens (tertiary/aromatic N) is 1. The molecule has 3 N–H and O–H groups in total. The first kappa shape index (κ1) is 24.1. The number of carbonyl (C=O) groups is 2. The maximum absolute atomic E-state index is 13.1. The van der Waals surface area contributed by atoms with Gasteiger partial charge in [-0.1, -0.05) is 35.9 Å². The number of hydrogen-bond donors (Lipinski definition) is 3. The van der Waals surface area contributed by atoms with Crippen molar-refractivity contribution in [3.05, 3.63) is 77.3 Å². The Hall–Kier alpha value is -3.00. The van der Waals surface area contributed by atoms with Gasteiger partial charge in [0.15, 0.2) is 0 Å². The highest BCUT2D eigenvalue weighted by molar-refractivity contribution is 7.98. The van der Waals surface area contributed by atoms with Crippen LogP contribution in [-0.4, -0.2) is 46.9 Å². The van der Waals surface area contributed by atoms with Crippen LogP contribution in [0.2, 0.25) is 5.02 Å². The molecular weight excluding hydrogens is 470 g/mol. The van der Waals surface area contributed by atoms with Crippen LogP contribution in [0.15, 0.2) is 71.6 Å². The molecule has 3 amide bonds. The zero-order chi connectivity index (χ0) is 24.2. The van der Waals surface area contributed by atoms with Gasteiger partial charge in [-0.15, -0.1) is 11.8 Å². The second kappa shape index (κ2) is 10.5. The maximum atomic E-state index is 13.1. The number of amides is 3. The average molecular weight is 496 g/mol. The molecule has 0 bridgehead atoms. The summed E-state index contributed by atoms with van der Waals surface area (Å²) in [5.41, 5.74) is 4.36. The number of hydrogen-bond acceptors (Lipinski definition) is 4. The van der Waals surface area contributed by atoms with E-state index in [9.17, 15) is 14.7 Å². The number of halogens is 1. The first-order chi connectivity index (χ1) is 16.4. The van der Waals surface area contributed by atoms with Crippen LogP contribution in [0.5, 0.6) is 0 Å². The quantitative estimate of drug-likeness (QED) is 0.400. The Labute approximate surface area is 208 Å². The average Bonchev–Trinajstić information content (AvgIpc) is 3.24. The third kappa shape index (κ3) is 5.38. The Balaban J connectivity index is 1.48. The van der Waals surface area contributed by atoms with Gasteiger partial charge in [0, 0.05) is 34.3 Å². The highest BCUT2D eigenvalue weighted by atomic mass is 35.5. The molecule has 3 aromatic rings. The Morgan fingerprint density at radius 1 is 1.06 bits per heavy atom. The van der Waals surface area contributed by atoms with Crippen LogP contribution in [0.3, 0.4) is 0 Å². The molecule has 8 heteroatoms. The van der Waals surface area contributed by atoms with Crippen molar-refractivity contribution >= 4 is 46.7 Å². The van der Waals surface area contributed by atoms with E-state index in [1.54, 1.807) is 36.0 Å². The van der Waals surface area contributed by atoms with E-state index in [0.717, 1.165) is 16.7 Å². The summed E-state index contributed by atoms with van der Waals surface area (Å²) >= 11 is 7.59. The van der Waals surface area contributed by atoms with Gasteiger partial charge in [-0.2, -0.15) is 0 Å². The fraction of sp³-hybridized carbons (Fsp3) is 0.231. The third-order valence-electron chi connectivity index (χ3n) is 5.84. The van der Waals surface area contributed by atoms with E-state index >= 15 is 0 Å². The van der Waals surface area contributed by atoms with E-state index in [4.69, 9.17) is 11.6 Å². The van der Waals surface area contributed by atoms with Crippen LogP contribution in [0, 0.1) is 6.92 Å². The minimum absolute atomic E-state index is 0.0842. The lowest BCUT2D eigenvalue weighted by Crippen LogP contribution is -2.45. The smallest absolute Gasteiger partial charge is 0.322 e. The molecule has 176 valence electrons. The first-order valence-electron chi connectivity index (χ1n) is 10.9. The molecular formula is C26H26ClN3O3S. The Morgan fingerprint density at radius 2 is 1.79 bits per heavy atom. The third-order valence-corrected chi connectivity index (χ3v) is 6.89. The van der Waals surface area contributed by atoms with Gasteiger partial charge in [0.2, 0.25) is 5.91 Å². The molecule has 1 saturated heterocycles. The molecule has 0 spiro atoms. The van der Waals surface area contributed by atoms with Gasteiger partial charge in [0.1, 0.15) is 6.04 Å². The second-order valence-corrected chi connectivity index (χ2v) is 9.50. The number of thioether (sulfide) groups is 1. The van der Waals surface area contributed by atoms with Crippen molar-refractivity contribution in [2.75, 3.05) is 23.4 Å². The number of rotatable bonds is 5. The van der Waals surface area contributed by atoms with Crippen LogP contribution in [-0.2, 0) is 4.79 Å². The summed E-state index contributed by atoms with van der Waals surface area (Å²) in [7, 11) is 0. The van der Waals surface area contributed by atoms with Crippen LogP contribution >= 0.6 is 23.4 Å². The zero-order valence-electron chi connectivity index (χ0n) is 18.9. The van der Waals surface area contributed by atoms with Crippen molar-refractivity contribution in [2.45, 2.75) is 30.4 Å². The number of nitrogens with one attached hydrogen (secondary N) is 2. The fourth-order valence-electron chi connectivity index (χ4n) is 4.09. The molecule has 0 radical (unpaired) electrons. The number of benzene rings is 3. The number of aliphatic hydroxyl groups excluding tert-OH is 1. The molecule has 3 aromatic carbocycles. The Morgan fingerprint density at radius 3 is 2.50 bits per heavy atom. The number of anilines is 2. The van der Waals surface area contributed by atoms with Crippen LogP contribution < -0.4 is 10.6 Å². The predicted octanol–water partition coefficient (Wildman–Crippen LogP) is 5.64. The lowest BCUT2D eigenvalue weighted by Gasteiger charge is -2.24. The summed E-state index contributed by atoms with van der Waals surface area (Å²) in [5, 5.41) is 16.4. The number of carbonyl (C=O) groups excluding carboxylic acids is 2. The van der Waals surface area contributed by atoms with Crippen LogP contribution in [0.4, 0.5) is 16.2 Å². The maximum Gasteiger partial charge on any atom is 0.322 e. The number of aliphatic hydroxyl groups is 1. The largest absolute Gasteiger partial charge is 0.391 e. The number of urea groups is 1. The van der Waals surface area contributed by atoms with Gasteiger partial charge in [0.25, 0.3) is 0 Å². The monoisotopic (exact) mass is 495 g/mol. The van der Waals surface area contributed by atoms with Crippen molar-refractivity contribution in [1.82, 2.24) is 4.90 Å². The molecule has 1 heterocycles. The van der Waals surface area contributed by atoms with Crippen molar-refractivity contribution in [2.24, 2.45) is 0 Å². The molecule has 34 heavy (non-hydrogen) atoms. The van der Waals surface area contributed by atoms with Gasteiger partial charge in [-0.05, 0) is 72.3 Å². The van der Waals surface area contributed by atoms with E-state index < -0.39 is 18.2 Å². The second-order valence-electron chi connectivity index (χ2n) is 8.21. The topological polar surface area (TPSA) is 81.7 Å². The highest BCUT2D eigenvalue weighted by Crippen LogP contribution is 2.32. The Bertz CT molecular complexity index is 1200. The van der Waals surface area contributed by atoms with E-state index in [1.807, 2.05) is 43.5 Å². The summed E-state index contributed by atoms with van der Waals surface area (Å²) in [6, 6.07) is 19.6. The standard InChI is InChI=1S/C26H26ClN3O3S/c1-16-13-17(21-5-3-4-6-24(21)34-2)7-12-22(16)29-25(32)23-14-20(31)15-30(23)26(33)28-19-10-8-18(27)9-11-19/h3-13,20,23,31H,14-15H2,1-2H3,(H,28,33)(H,29,32)/t20-,23-/m1/s1. The van der Waals surface area contributed by atoms with Crippen LogP contribution in [0.25, 0.3) is 11.1 Å². The van der Waals surface area contributed by atoms with Gasteiger partial charge in [-0.25, -0.2) is 4.79 Å². The van der Waals surface area contributed by atoms with Crippen molar-refractivity contribution in [1.29, 1.82) is 0 Å². The molecule has 2 atom stereocenters. The van der Waals surface area contributed by atoms with Gasteiger partial charge in [0.05, 0.1) is 6.10 Å². The molecule has 6 nitrogen and oxygen atoms in total. The van der Waals surface area contributed by atoms with E-state index in [-0.39, 0.29) is 18.9 Å². The van der Waals surface area contributed by atoms with E-state index in [1.165, 1.54) is 9.80 Å². The molecule has 0 saturated carbocycles.